The van der Waals surface area contributed by atoms with Crippen LogP contribution in [-0.2, 0) is 12.0 Å². The lowest BCUT2D eigenvalue weighted by atomic mass is 9.82. The van der Waals surface area contributed by atoms with E-state index < -0.39 is 12.2 Å². The number of aryl methyl sites for hydroxylation is 1. The molecule has 2 N–H and O–H groups in total. The van der Waals surface area contributed by atoms with Gasteiger partial charge in [0.2, 0.25) is 0 Å². The van der Waals surface area contributed by atoms with Crippen LogP contribution in [0.4, 0.5) is 13.2 Å². The molecule has 3 rings (SSSR count). The molecule has 1 aliphatic heterocycles. The van der Waals surface area contributed by atoms with Crippen LogP contribution in [0.3, 0.4) is 0 Å². The molecule has 0 radical (unpaired) electrons. The van der Waals surface area contributed by atoms with Crippen LogP contribution in [0.25, 0.3) is 0 Å². The zero-order chi connectivity index (χ0) is 20.3. The number of alkyl halides is 2. The van der Waals surface area contributed by atoms with Gasteiger partial charge in [-0.3, -0.25) is 0 Å². The summed E-state index contributed by atoms with van der Waals surface area (Å²) in [7, 11) is 1.84. The van der Waals surface area contributed by atoms with E-state index in [4.69, 9.17) is 10.7 Å². The Kier molecular flexibility index (Phi) is 5.63. The number of allylic oxidation sites excluding steroid dienone is 1. The van der Waals surface area contributed by atoms with Crippen molar-refractivity contribution in [3.05, 3.63) is 77.6 Å². The molecule has 1 aliphatic rings. The maximum Gasteiger partial charge on any atom is 0.387 e. The maximum absolute atomic E-state index is 13.1. The fraction of sp³-hybridized carbons (Fsp3) is 0.286. The smallest absolute Gasteiger partial charge is 0.387 e. The van der Waals surface area contributed by atoms with Crippen molar-refractivity contribution in [1.82, 2.24) is 4.90 Å². The summed E-state index contributed by atoms with van der Waals surface area (Å²) >= 11 is 0. The van der Waals surface area contributed by atoms with Gasteiger partial charge < -0.3 is 15.4 Å². The highest BCUT2D eigenvalue weighted by Crippen LogP contribution is 2.39. The number of halogens is 3. The normalized spacial score (nSPS) is 19.0. The predicted molar refractivity (Wildman–Crippen MR) is 103 cm³/mol. The number of benzene rings is 2. The minimum atomic E-state index is -2.88. The van der Waals surface area contributed by atoms with Crippen molar-refractivity contribution in [1.29, 1.82) is 0 Å². The van der Waals surface area contributed by atoms with Crippen LogP contribution in [0.5, 0.6) is 5.75 Å². The number of aliphatic imine (C=N–C) groups is 1. The minimum Gasteiger partial charge on any atom is -0.435 e. The van der Waals surface area contributed by atoms with Crippen LogP contribution >= 0.6 is 0 Å². The molecule has 4 nitrogen and oxygen atoms in total. The van der Waals surface area contributed by atoms with Gasteiger partial charge in [-0.25, -0.2) is 9.38 Å². The average molecular weight is 389 g/mol. The molecule has 28 heavy (non-hydrogen) atoms. The third-order valence-electron chi connectivity index (χ3n) is 4.81. The van der Waals surface area contributed by atoms with E-state index in [0.717, 1.165) is 16.7 Å². The summed E-state index contributed by atoms with van der Waals surface area (Å²) < 4.78 is 42.4. The molecule has 2 aromatic carbocycles. The van der Waals surface area contributed by atoms with Crippen molar-refractivity contribution in [2.75, 3.05) is 13.6 Å². The van der Waals surface area contributed by atoms with Gasteiger partial charge in [0.1, 0.15) is 11.3 Å². The number of ether oxygens (including phenoxy) is 1. The van der Waals surface area contributed by atoms with E-state index in [1.165, 1.54) is 12.1 Å². The van der Waals surface area contributed by atoms with Crippen molar-refractivity contribution in [3.63, 3.8) is 0 Å². The highest BCUT2D eigenvalue weighted by Gasteiger charge is 2.40. The molecule has 0 bridgehead atoms. The molecule has 0 fully saturated rings. The van der Waals surface area contributed by atoms with E-state index in [-0.39, 0.29) is 18.0 Å². The van der Waals surface area contributed by atoms with Gasteiger partial charge in [-0.15, -0.1) is 0 Å². The molecule has 0 saturated heterocycles. The number of likely N-dealkylation sites (N-methyl/N-ethyl adjacent to an activating group) is 1. The first-order chi connectivity index (χ1) is 13.3. The Labute approximate surface area is 162 Å². The Morgan fingerprint density at radius 1 is 1.25 bits per heavy atom. The third kappa shape index (κ3) is 4.13. The average Bonchev–Trinajstić information content (AvgIpc) is 2.96. The summed E-state index contributed by atoms with van der Waals surface area (Å²) in [4.78, 5) is 6.54. The van der Waals surface area contributed by atoms with Crippen molar-refractivity contribution in [3.8, 4) is 5.75 Å². The van der Waals surface area contributed by atoms with Gasteiger partial charge in [-0.2, -0.15) is 8.78 Å². The Morgan fingerprint density at radius 3 is 2.54 bits per heavy atom. The summed E-state index contributed by atoms with van der Waals surface area (Å²) in [5.41, 5.74) is 7.91. The van der Waals surface area contributed by atoms with Crippen LogP contribution in [0.1, 0.15) is 23.1 Å². The minimum absolute atomic E-state index is 0.0763. The highest BCUT2D eigenvalue weighted by atomic mass is 19.3. The molecule has 0 spiro atoms. The molecular weight excluding hydrogens is 367 g/mol. The zero-order valence-corrected chi connectivity index (χ0v) is 15.5. The quantitative estimate of drug-likeness (QED) is 0.772. The fourth-order valence-electron chi connectivity index (χ4n) is 3.39. The number of hydrogen-bond acceptors (Lipinski definition) is 4. The van der Waals surface area contributed by atoms with E-state index in [1.807, 2.05) is 36.2 Å². The van der Waals surface area contributed by atoms with Crippen molar-refractivity contribution in [2.45, 2.75) is 25.0 Å². The van der Waals surface area contributed by atoms with Crippen LogP contribution < -0.4 is 10.5 Å². The SMILES string of the molecule is C=C(F)CCc1cccc(C2(c3ccc(OC(F)F)cc3)CN(C)C(N)=N2)c1. The standard InChI is InChI=1S/C21H22F3N3O/c1-14(22)6-7-15-4-3-5-17(12-15)21(13-27(2)20(25)26-21)16-8-10-18(11-9-16)28-19(23)24/h3-5,8-12,19H,1,6-7,13H2,2H3,(H2,25,26). The second kappa shape index (κ2) is 7.96. The summed E-state index contributed by atoms with van der Waals surface area (Å²) in [6.45, 7) is 0.915. The molecule has 1 unspecified atom stereocenters. The Morgan fingerprint density at radius 2 is 1.96 bits per heavy atom. The van der Waals surface area contributed by atoms with Gasteiger partial charge in [0.15, 0.2) is 5.96 Å². The lowest BCUT2D eigenvalue weighted by molar-refractivity contribution is -0.0498. The highest BCUT2D eigenvalue weighted by molar-refractivity contribution is 5.81. The summed E-state index contributed by atoms with van der Waals surface area (Å²) in [6.07, 6.45) is 0.775. The number of rotatable bonds is 7. The lowest BCUT2D eigenvalue weighted by Gasteiger charge is -2.28. The molecule has 0 aliphatic carbocycles. The van der Waals surface area contributed by atoms with Crippen LogP contribution in [0, 0.1) is 0 Å². The molecular formula is C21H22F3N3O. The van der Waals surface area contributed by atoms with Crippen LogP contribution in [0.15, 0.2) is 65.9 Å². The Bertz CT molecular complexity index is 883. The molecule has 1 heterocycles. The first-order valence-electron chi connectivity index (χ1n) is 8.85. The largest absolute Gasteiger partial charge is 0.435 e. The van der Waals surface area contributed by atoms with Gasteiger partial charge in [-0.1, -0.05) is 43.0 Å². The van der Waals surface area contributed by atoms with Crippen molar-refractivity contribution >= 4 is 5.96 Å². The van der Waals surface area contributed by atoms with E-state index in [2.05, 4.69) is 11.3 Å². The van der Waals surface area contributed by atoms with Gasteiger partial charge in [0.25, 0.3) is 0 Å². The number of nitrogens with zero attached hydrogens (tertiary/aromatic N) is 2. The molecule has 7 heteroatoms. The van der Waals surface area contributed by atoms with Crippen molar-refractivity contribution < 1.29 is 17.9 Å². The van der Waals surface area contributed by atoms with E-state index in [0.29, 0.717) is 18.9 Å². The fourth-order valence-corrected chi connectivity index (χ4v) is 3.39. The molecule has 0 saturated carbocycles. The predicted octanol–water partition coefficient (Wildman–Crippen LogP) is 4.21. The number of guanidine groups is 1. The van der Waals surface area contributed by atoms with Gasteiger partial charge >= 0.3 is 6.61 Å². The van der Waals surface area contributed by atoms with Crippen LogP contribution in [-0.4, -0.2) is 31.1 Å². The maximum atomic E-state index is 13.1. The van der Waals surface area contributed by atoms with Gasteiger partial charge in [-0.05, 0) is 35.2 Å². The topological polar surface area (TPSA) is 50.9 Å². The molecule has 0 amide bonds. The monoisotopic (exact) mass is 389 g/mol. The summed E-state index contributed by atoms with van der Waals surface area (Å²) in [6, 6.07) is 14.1. The zero-order valence-electron chi connectivity index (χ0n) is 15.5. The number of hydrogen-bond donors (Lipinski definition) is 1. The molecule has 0 aromatic heterocycles. The van der Waals surface area contributed by atoms with E-state index >= 15 is 0 Å². The second-order valence-electron chi connectivity index (χ2n) is 6.81. The first kappa shape index (κ1) is 19.8. The second-order valence-corrected chi connectivity index (χ2v) is 6.81. The Balaban J connectivity index is 2.00. The Hall–Kier alpha value is -2.96. The summed E-state index contributed by atoms with van der Waals surface area (Å²) in [5.74, 6) is 0.0976. The first-order valence-corrected chi connectivity index (χ1v) is 8.85. The van der Waals surface area contributed by atoms with E-state index in [1.54, 1.807) is 12.1 Å². The molecule has 2 aromatic rings. The molecule has 148 valence electrons. The third-order valence-corrected chi connectivity index (χ3v) is 4.81. The molecule has 1 atom stereocenters. The van der Waals surface area contributed by atoms with Crippen LogP contribution in [0.2, 0.25) is 0 Å². The lowest BCUT2D eigenvalue weighted by Crippen LogP contribution is -2.34. The summed E-state index contributed by atoms with van der Waals surface area (Å²) in [5, 5.41) is 0. The van der Waals surface area contributed by atoms with E-state index in [9.17, 15) is 13.2 Å². The van der Waals surface area contributed by atoms with Crippen molar-refractivity contribution in [2.24, 2.45) is 10.7 Å². The van der Waals surface area contributed by atoms with Gasteiger partial charge in [0, 0.05) is 13.5 Å². The number of nitrogens with two attached hydrogens (primary N) is 1. The van der Waals surface area contributed by atoms with Gasteiger partial charge in [0.05, 0.1) is 12.4 Å².